The van der Waals surface area contributed by atoms with Crippen LogP contribution in [-0.4, -0.2) is 147 Å². The number of ketones is 1. The number of aromatic nitrogens is 4. The SMILES string of the molecule is C.C.COc1cc(Br)c(N)cc1Cl.COc1cc(Br)c(NC(=O)OC(C)(C)C)cc1Cl.COc1cc(C(C)=O)c(N)cc1Cl.COc1cc2c(=O)[nH]c(C3CC3)nc2cc1Cl.COc1cc2c(N3CCN(c4ccccc4OC)CC3)nc(C3CC3)nc2cc1Cl.COc1ccc(N)cc1Cl.Cc1ccccc1N1CCNCC1.N#CC1CC1.[B]=NS. The van der Waals surface area contributed by atoms with Crippen LogP contribution in [0.15, 0.2) is 145 Å². The number of piperazine rings is 2. The summed E-state index contributed by atoms with van der Waals surface area (Å²) in [4.78, 5) is 58.8. The molecule has 10 aromatic rings. The number of carbonyl (C=O) groups excluding carboxylic acids is 2. The van der Waals surface area contributed by atoms with Crippen LogP contribution in [0, 0.1) is 24.2 Å². The van der Waals surface area contributed by atoms with E-state index in [0.29, 0.717) is 126 Å². The van der Waals surface area contributed by atoms with Gasteiger partial charge in [0.15, 0.2) is 5.78 Å². The zero-order chi connectivity index (χ0) is 88.1. The molecule has 3 aliphatic carbocycles. The van der Waals surface area contributed by atoms with Gasteiger partial charge in [0.05, 0.1) is 114 Å². The molecule has 0 bridgehead atoms. The van der Waals surface area contributed by atoms with Crippen molar-refractivity contribution in [1.82, 2.24) is 25.3 Å². The summed E-state index contributed by atoms with van der Waals surface area (Å²) in [5.74, 6) is 8.22. The van der Waals surface area contributed by atoms with Crippen molar-refractivity contribution >= 4 is 196 Å². The van der Waals surface area contributed by atoms with Crippen LogP contribution < -0.4 is 81.3 Å². The third-order valence-corrected chi connectivity index (χ3v) is 21.4. The number of nitrogens with one attached hydrogen (secondary N) is 3. The van der Waals surface area contributed by atoms with Crippen LogP contribution in [0.2, 0.25) is 30.1 Å². The number of hydrogen-bond acceptors (Lipinski definition) is 24. The maximum atomic E-state index is 11.9. The summed E-state index contributed by atoms with van der Waals surface area (Å²) in [7, 11) is 15.4. The van der Waals surface area contributed by atoms with Crippen molar-refractivity contribution in [3.63, 3.8) is 0 Å². The van der Waals surface area contributed by atoms with Crippen molar-refractivity contribution in [2.24, 2.45) is 10.2 Å². The number of ether oxygens (including phenoxy) is 8. The average Bonchev–Trinajstić information content (AvgIpc) is 1.59. The number of H-pyrrole nitrogens is 1. The van der Waals surface area contributed by atoms with Crippen LogP contribution in [0.4, 0.5) is 44.7 Å². The summed E-state index contributed by atoms with van der Waals surface area (Å²) < 4.78 is 45.3. The molecule has 0 atom stereocenters. The van der Waals surface area contributed by atoms with E-state index in [1.807, 2.05) is 24.3 Å². The first kappa shape index (κ1) is 103. The fourth-order valence-electron chi connectivity index (χ4n) is 11.6. The third kappa shape index (κ3) is 31.6. The predicted molar refractivity (Wildman–Crippen MR) is 512 cm³/mol. The number of anilines is 7. The van der Waals surface area contributed by atoms with Gasteiger partial charge in [-0.15, -0.1) is 0 Å². The Labute approximate surface area is 768 Å². The second-order valence-electron chi connectivity index (χ2n) is 28.2. The number of methoxy groups -OCH3 is 7. The monoisotopic (exact) mass is 1930 g/mol. The average molecular weight is 1940 g/mol. The number of halogens is 8. The van der Waals surface area contributed by atoms with E-state index in [-0.39, 0.29) is 26.2 Å². The summed E-state index contributed by atoms with van der Waals surface area (Å²) in [6, 6.07) is 40.9. The molecule has 0 spiro atoms. The fraction of sp³-hybridized carbons (Fsp3) is 0.368. The second kappa shape index (κ2) is 50.6. The van der Waals surface area contributed by atoms with Crippen molar-refractivity contribution < 1.29 is 47.5 Å². The van der Waals surface area contributed by atoms with E-state index >= 15 is 0 Å². The zero-order valence-electron chi connectivity index (χ0n) is 68.6. The summed E-state index contributed by atoms with van der Waals surface area (Å²) in [6.45, 7) is 17.0. The van der Waals surface area contributed by atoms with Crippen molar-refractivity contribution in [1.29, 1.82) is 5.26 Å². The zero-order valence-corrected chi connectivity index (χ0v) is 77.2. The Morgan fingerprint density at radius 1 is 0.566 bits per heavy atom. The van der Waals surface area contributed by atoms with E-state index in [1.54, 1.807) is 110 Å². The van der Waals surface area contributed by atoms with Gasteiger partial charge in [-0.1, -0.05) is 115 Å². The van der Waals surface area contributed by atoms with E-state index in [1.165, 1.54) is 45.6 Å². The first-order valence-corrected chi connectivity index (χ1v) is 42.0. The summed E-state index contributed by atoms with van der Waals surface area (Å²) >= 11 is 45.5. The molecule has 2 aromatic heterocycles. The Bertz CT molecular complexity index is 5250. The van der Waals surface area contributed by atoms with Gasteiger partial charge in [-0.3, -0.25) is 14.9 Å². The number of nitrogens with zero attached hydrogens (tertiary/aromatic N) is 8. The number of aryl methyl sites for hydroxylation is 1. The van der Waals surface area contributed by atoms with Crippen LogP contribution in [0.25, 0.3) is 21.8 Å². The molecule has 5 fully saturated rings. The molecule has 25 nitrogen and oxygen atoms in total. The minimum absolute atomic E-state index is 0. The number of aromatic amines is 1. The molecule has 1 amide bonds. The second-order valence-corrected chi connectivity index (χ2v) is 32.6. The Kier molecular flexibility index (Phi) is 43.0. The third-order valence-electron chi connectivity index (χ3n) is 18.2. The number of Topliss-reactive ketones (excluding diaryl/α,β-unsaturated/α-hetero) is 1. The van der Waals surface area contributed by atoms with E-state index in [2.05, 4.69) is 141 Å². The molecule has 35 heteroatoms. The number of para-hydroxylation sites is 3. The molecule has 5 aliphatic rings. The van der Waals surface area contributed by atoms with Crippen molar-refractivity contribution in [3.05, 3.63) is 200 Å². The van der Waals surface area contributed by atoms with E-state index in [4.69, 9.17) is 140 Å². The molecular weight excluding hydrogens is 1830 g/mol. The van der Waals surface area contributed by atoms with E-state index in [0.717, 1.165) is 135 Å². The number of carbonyl (C=O) groups is 2. The van der Waals surface area contributed by atoms with Gasteiger partial charge in [-0.25, -0.2) is 19.7 Å². The van der Waals surface area contributed by atoms with Gasteiger partial charge in [0.2, 0.25) is 0 Å². The minimum atomic E-state index is -0.549. The number of fused-ring (bicyclic) bond motifs is 2. The first-order chi connectivity index (χ1) is 57.2. The van der Waals surface area contributed by atoms with Crippen molar-refractivity contribution in [3.8, 4) is 46.3 Å². The Morgan fingerprint density at radius 3 is 1.52 bits per heavy atom. The van der Waals surface area contributed by atoms with Gasteiger partial charge in [-0.2, -0.15) is 5.26 Å². The first-order valence-electron chi connectivity index (χ1n) is 37.7. The van der Waals surface area contributed by atoms with Crippen LogP contribution in [0.5, 0.6) is 40.2 Å². The number of amides is 1. The summed E-state index contributed by atoms with van der Waals surface area (Å²) in [6.07, 6.45) is 6.28. The van der Waals surface area contributed by atoms with Gasteiger partial charge in [0.25, 0.3) is 5.56 Å². The molecule has 8 aromatic carbocycles. The standard InChI is InChI=1S/C23H25ClN4O2.C12H15BrClNO3.C12H11ClN2O2.C11H16N2.C9H10ClNO2.C7H7BrClNO.C7H8ClNO.C4H5N.2CH4.BHNS/c1-29-20-6-4-3-5-19(20)27-9-11-28(12-10-27)23-16-13-21(30-2)17(24)14-18(16)25-22(26-23)15-7-8-15;1-12(2,3)18-11(16)15-9-6-8(14)10(17-4)5-7(9)13;1-17-10-4-7-9(5-8(10)13)14-11(6-2-3-6)15-12(7)16;1-10-4-2-3-5-11(10)13-8-6-12-7-9-13;1-5(12)6-3-9(13-2)7(10)4-8(6)11;1-11-7-2-4(8)6(10)3-5(7)9;1-10-7-3-2-5(9)4-6(7)8;5-3-4-1-2-4;;;1-2-3/h3-6,13-15H,7-12H2,1-2H3;5-6H,1-4H3,(H,15,16);4-6H,2-3H2,1H3,(H,14,15,16);2-5,12H,6-9H2,1H3;3-4H,11H2,1-2H3;2-3H,10H2,1H3;2-4H,9H2,1H3;4H,1-2H2;2*1H4;3H. The molecule has 15 rings (SSSR count). The molecule has 2 saturated heterocycles. The molecule has 0 unspecified atom stereocenters. The Morgan fingerprint density at radius 2 is 1.02 bits per heavy atom. The molecule has 2 aliphatic heterocycles. The Hall–Kier alpha value is -9.06. The van der Waals surface area contributed by atoms with Crippen LogP contribution in [-0.2, 0) is 4.74 Å². The van der Waals surface area contributed by atoms with Crippen molar-refractivity contribution in [2.75, 3.05) is 139 Å². The summed E-state index contributed by atoms with van der Waals surface area (Å²) in [5.41, 5.74) is 23.9. The van der Waals surface area contributed by atoms with Gasteiger partial charge in [-0.05, 0) is 208 Å². The van der Waals surface area contributed by atoms with Crippen LogP contribution in [0.1, 0.15) is 120 Å². The molecule has 1 radical (unpaired) electrons. The Balaban J connectivity index is 0.000000256. The fourth-order valence-corrected chi connectivity index (χ4v) is 13.8. The number of nitriles is 1. The maximum absolute atomic E-state index is 11.9. The van der Waals surface area contributed by atoms with Gasteiger partial charge in [0.1, 0.15) is 63.3 Å². The molecule has 3 saturated carbocycles. The van der Waals surface area contributed by atoms with E-state index < -0.39 is 11.7 Å². The van der Waals surface area contributed by atoms with E-state index in [9.17, 15) is 14.4 Å². The molecule has 9 N–H and O–H groups in total. The predicted octanol–water partition coefficient (Wildman–Crippen LogP) is 22.0. The summed E-state index contributed by atoms with van der Waals surface area (Å²) in [5, 5.41) is 18.4. The number of thiol groups is 1. The van der Waals surface area contributed by atoms with Gasteiger partial charge >= 0.3 is 30.8 Å². The molecular formula is C87H106BBr2Cl6N14O11S. The topological polar surface area (TPSA) is 328 Å². The van der Waals surface area contributed by atoms with Crippen LogP contribution in [0.3, 0.4) is 0 Å². The molecule has 122 heavy (non-hydrogen) atoms. The quantitative estimate of drug-likeness (QED) is 0.0230. The van der Waals surface area contributed by atoms with Crippen LogP contribution >= 0.6 is 114 Å². The number of nitrogens with two attached hydrogens (primary N) is 3. The van der Waals surface area contributed by atoms with Crippen molar-refractivity contribution in [2.45, 2.75) is 105 Å². The number of benzene rings is 8. The van der Waals surface area contributed by atoms with Gasteiger partial charge < -0.3 is 80.1 Å². The number of nitrogen functional groups attached to an aromatic ring is 3. The van der Waals surface area contributed by atoms with Gasteiger partial charge in [0, 0.05) is 113 Å². The number of hydrogen-bond donors (Lipinski definition) is 7. The normalized spacial score (nSPS) is 13.4. The molecule has 4 heterocycles. The molecule has 655 valence electrons. The number of rotatable bonds is 14.